The number of nitrogens with one attached hydrogen (secondary N) is 1. The Morgan fingerprint density at radius 3 is 2.26 bits per heavy atom. The minimum atomic E-state index is -5.08. The molecular weight excluding hydrogens is 578 g/mol. The molecule has 0 saturated heterocycles. The standard InChI is InChI=1S/C19H17Cl2N5O4S.C2HF3O2/c20-14-3-1-2-12(6-14)10-25(11-18(27)28)31(29,30)15-4-5-16-13(7-15)8-24-9-17(16)26(21)19(22)23;3-2(4,5)1(6)7/h1-9H,10-11H2,(H3,22,23)(H,27,28);(H,6,7). The summed E-state index contributed by atoms with van der Waals surface area (Å²) < 4.78 is 60.0. The third-order valence-electron chi connectivity index (χ3n) is 4.57. The molecule has 2 aromatic carbocycles. The van der Waals surface area contributed by atoms with Crippen LogP contribution >= 0.6 is 23.4 Å². The van der Waals surface area contributed by atoms with Crippen LogP contribution in [0, 0.1) is 5.41 Å². The summed E-state index contributed by atoms with van der Waals surface area (Å²) in [7, 11) is -4.18. The lowest BCUT2D eigenvalue weighted by molar-refractivity contribution is -0.192. The fourth-order valence-electron chi connectivity index (χ4n) is 2.95. The molecule has 0 aliphatic rings. The van der Waals surface area contributed by atoms with E-state index in [2.05, 4.69) is 4.98 Å². The van der Waals surface area contributed by atoms with Crippen LogP contribution < -0.4 is 10.2 Å². The average Bonchev–Trinajstić information content (AvgIpc) is 2.82. The van der Waals surface area contributed by atoms with Crippen LogP contribution in [0.25, 0.3) is 10.8 Å². The van der Waals surface area contributed by atoms with Gasteiger partial charge in [0.05, 0.1) is 16.8 Å². The van der Waals surface area contributed by atoms with Crippen LogP contribution in [0.5, 0.6) is 0 Å². The van der Waals surface area contributed by atoms with Gasteiger partial charge in [0.15, 0.2) is 0 Å². The Hall–Kier alpha value is -3.66. The number of guanidine groups is 1. The number of hydrogen-bond acceptors (Lipinski definition) is 6. The lowest BCUT2D eigenvalue weighted by Gasteiger charge is -2.21. The van der Waals surface area contributed by atoms with Gasteiger partial charge in [0.25, 0.3) is 0 Å². The molecule has 0 amide bonds. The van der Waals surface area contributed by atoms with Gasteiger partial charge in [-0.15, -0.1) is 0 Å². The molecule has 38 heavy (non-hydrogen) atoms. The van der Waals surface area contributed by atoms with E-state index in [1.54, 1.807) is 24.3 Å². The van der Waals surface area contributed by atoms with E-state index in [0.717, 1.165) is 8.72 Å². The van der Waals surface area contributed by atoms with Crippen LogP contribution in [0.2, 0.25) is 5.02 Å². The molecule has 1 aromatic heterocycles. The predicted molar refractivity (Wildman–Crippen MR) is 132 cm³/mol. The Kier molecular flexibility index (Phi) is 9.86. The van der Waals surface area contributed by atoms with E-state index in [1.165, 1.54) is 30.6 Å². The van der Waals surface area contributed by atoms with Gasteiger partial charge in [0, 0.05) is 40.3 Å². The summed E-state index contributed by atoms with van der Waals surface area (Å²) in [4.78, 5) is 24.1. The molecule has 17 heteroatoms. The van der Waals surface area contributed by atoms with E-state index in [4.69, 9.17) is 44.4 Å². The van der Waals surface area contributed by atoms with Crippen molar-refractivity contribution in [1.29, 1.82) is 5.41 Å². The number of aromatic nitrogens is 1. The number of hydrogen-bond donors (Lipinski definition) is 4. The van der Waals surface area contributed by atoms with Crippen LogP contribution in [-0.4, -0.2) is 58.5 Å². The van der Waals surface area contributed by atoms with Gasteiger partial charge in [0.1, 0.15) is 6.54 Å². The number of pyridine rings is 1. The van der Waals surface area contributed by atoms with Gasteiger partial charge in [-0.3, -0.25) is 15.2 Å². The number of carboxylic acid groups (broad SMARTS) is 2. The highest BCUT2D eigenvalue weighted by Crippen LogP contribution is 2.30. The fourth-order valence-corrected chi connectivity index (χ4v) is 4.71. The molecule has 0 saturated carbocycles. The quantitative estimate of drug-likeness (QED) is 0.180. The molecular formula is C21H18Cl2F3N5O6S. The number of alkyl halides is 3. The van der Waals surface area contributed by atoms with Gasteiger partial charge in [-0.1, -0.05) is 29.8 Å². The maximum absolute atomic E-state index is 13.2. The van der Waals surface area contributed by atoms with E-state index >= 15 is 0 Å². The van der Waals surface area contributed by atoms with Crippen molar-refractivity contribution in [2.24, 2.45) is 5.73 Å². The molecule has 3 aromatic rings. The minimum absolute atomic E-state index is 0.119. The number of aliphatic carboxylic acids is 2. The summed E-state index contributed by atoms with van der Waals surface area (Å²) in [6, 6.07) is 10.7. The maximum atomic E-state index is 13.2. The lowest BCUT2D eigenvalue weighted by Crippen LogP contribution is -2.35. The number of carbonyl (C=O) groups is 2. The summed E-state index contributed by atoms with van der Waals surface area (Å²) in [5.41, 5.74) is 6.26. The number of nitrogens with zero attached hydrogens (tertiary/aromatic N) is 3. The number of sulfonamides is 1. The second-order valence-electron chi connectivity index (χ2n) is 7.31. The molecule has 0 unspecified atom stereocenters. The van der Waals surface area contributed by atoms with Crippen molar-refractivity contribution in [3.05, 3.63) is 65.4 Å². The van der Waals surface area contributed by atoms with Gasteiger partial charge in [-0.2, -0.15) is 17.5 Å². The average molecular weight is 596 g/mol. The number of halogens is 5. The number of benzene rings is 2. The lowest BCUT2D eigenvalue weighted by atomic mass is 10.1. The van der Waals surface area contributed by atoms with Gasteiger partial charge >= 0.3 is 18.1 Å². The number of fused-ring (bicyclic) bond motifs is 1. The first kappa shape index (κ1) is 30.6. The summed E-state index contributed by atoms with van der Waals surface area (Å²) in [5, 5.41) is 25.2. The zero-order valence-corrected chi connectivity index (χ0v) is 21.2. The highest BCUT2D eigenvalue weighted by atomic mass is 35.5. The van der Waals surface area contributed by atoms with Crippen LogP contribution in [0.3, 0.4) is 0 Å². The molecule has 0 aliphatic carbocycles. The topological polar surface area (TPSA) is 178 Å². The predicted octanol–water partition coefficient (Wildman–Crippen LogP) is 3.65. The molecule has 1 heterocycles. The zero-order valence-electron chi connectivity index (χ0n) is 18.9. The molecule has 0 atom stereocenters. The summed E-state index contributed by atoms with van der Waals surface area (Å²) in [5.74, 6) is -4.48. The fraction of sp³-hybridized carbons (Fsp3) is 0.143. The van der Waals surface area contributed by atoms with E-state index in [-0.39, 0.29) is 11.4 Å². The van der Waals surface area contributed by atoms with Gasteiger partial charge in [-0.05, 0) is 29.8 Å². The van der Waals surface area contributed by atoms with Crippen LogP contribution in [0.15, 0.2) is 59.8 Å². The Balaban J connectivity index is 0.000000638. The van der Waals surface area contributed by atoms with Crippen LogP contribution in [0.1, 0.15) is 5.56 Å². The van der Waals surface area contributed by atoms with Crippen molar-refractivity contribution in [3.63, 3.8) is 0 Å². The van der Waals surface area contributed by atoms with E-state index < -0.39 is 40.6 Å². The largest absolute Gasteiger partial charge is 0.490 e. The smallest absolute Gasteiger partial charge is 0.480 e. The molecule has 5 N–H and O–H groups in total. The summed E-state index contributed by atoms with van der Waals surface area (Å²) >= 11 is 12.0. The number of rotatable bonds is 7. The van der Waals surface area contributed by atoms with Crippen molar-refractivity contribution in [1.82, 2.24) is 9.29 Å². The minimum Gasteiger partial charge on any atom is -0.480 e. The molecule has 3 rings (SSSR count). The molecule has 204 valence electrons. The highest BCUT2D eigenvalue weighted by molar-refractivity contribution is 7.89. The third-order valence-corrected chi connectivity index (χ3v) is 6.96. The Morgan fingerprint density at radius 2 is 1.74 bits per heavy atom. The van der Waals surface area contributed by atoms with Crippen molar-refractivity contribution in [2.45, 2.75) is 17.6 Å². The summed E-state index contributed by atoms with van der Waals surface area (Å²) in [6.07, 6.45) is -2.26. The SMILES string of the molecule is N=C(N)N(Cl)c1cncc2cc(S(=O)(=O)N(CC(=O)O)Cc3cccc(Cl)c3)ccc12.O=C(O)C(F)(F)F. The van der Waals surface area contributed by atoms with E-state index in [9.17, 15) is 31.5 Å². The Labute approximate surface area is 223 Å². The molecule has 0 aliphatic heterocycles. The van der Waals surface area contributed by atoms with Gasteiger partial charge in [-0.25, -0.2) is 17.6 Å². The number of anilines is 1. The van der Waals surface area contributed by atoms with Crippen molar-refractivity contribution in [2.75, 3.05) is 11.0 Å². The first-order chi connectivity index (χ1) is 17.5. The van der Waals surface area contributed by atoms with Gasteiger partial charge < -0.3 is 15.9 Å². The highest BCUT2D eigenvalue weighted by Gasteiger charge is 2.38. The second-order valence-corrected chi connectivity index (χ2v) is 10.0. The first-order valence-electron chi connectivity index (χ1n) is 9.98. The number of nitrogens with two attached hydrogens (primary N) is 1. The normalized spacial score (nSPS) is 11.5. The van der Waals surface area contributed by atoms with E-state index in [0.29, 0.717) is 27.0 Å². The number of carboxylic acids is 2. The molecule has 11 nitrogen and oxygen atoms in total. The zero-order chi connectivity index (χ0) is 28.8. The molecule has 0 fully saturated rings. The molecule has 0 radical (unpaired) electrons. The Morgan fingerprint density at radius 1 is 1.11 bits per heavy atom. The van der Waals surface area contributed by atoms with Crippen molar-refractivity contribution >= 4 is 67.8 Å². The molecule has 0 bridgehead atoms. The summed E-state index contributed by atoms with van der Waals surface area (Å²) in [6.45, 7) is -0.906. The Bertz CT molecular complexity index is 1470. The second kappa shape index (κ2) is 12.3. The monoisotopic (exact) mass is 595 g/mol. The van der Waals surface area contributed by atoms with Crippen LogP contribution in [0.4, 0.5) is 18.9 Å². The van der Waals surface area contributed by atoms with Crippen LogP contribution in [-0.2, 0) is 26.2 Å². The van der Waals surface area contributed by atoms with Crippen molar-refractivity contribution in [3.8, 4) is 0 Å². The first-order valence-corrected chi connectivity index (χ1v) is 12.1. The van der Waals surface area contributed by atoms with E-state index in [1.807, 2.05) is 0 Å². The third kappa shape index (κ3) is 7.92. The molecule has 0 spiro atoms. The van der Waals surface area contributed by atoms with Crippen molar-refractivity contribution < 1.29 is 41.4 Å². The maximum Gasteiger partial charge on any atom is 0.490 e. The van der Waals surface area contributed by atoms with Gasteiger partial charge in [0.2, 0.25) is 16.0 Å².